The van der Waals surface area contributed by atoms with Gasteiger partial charge in [-0.25, -0.2) is 4.68 Å². The molecule has 7 nitrogen and oxygen atoms in total. The molecule has 0 saturated carbocycles. The zero-order valence-electron chi connectivity index (χ0n) is 13.1. The monoisotopic (exact) mass is 312 g/mol. The van der Waals surface area contributed by atoms with Crippen molar-refractivity contribution in [1.29, 1.82) is 0 Å². The van der Waals surface area contributed by atoms with Gasteiger partial charge in [0.2, 0.25) is 0 Å². The van der Waals surface area contributed by atoms with Gasteiger partial charge in [0, 0.05) is 11.1 Å². The molecule has 3 aromatic rings. The minimum atomic E-state index is 0.293. The van der Waals surface area contributed by atoms with E-state index in [1.54, 1.807) is 11.8 Å². The van der Waals surface area contributed by atoms with Crippen LogP contribution in [0.4, 0.5) is 0 Å². The zero-order valence-corrected chi connectivity index (χ0v) is 13.1. The maximum Gasteiger partial charge on any atom is 0.172 e. The first-order valence-corrected chi connectivity index (χ1v) is 7.09. The Kier molecular flexibility index (Phi) is 3.92. The summed E-state index contributed by atoms with van der Waals surface area (Å²) in [5.41, 5.74) is 3.52. The van der Waals surface area contributed by atoms with Gasteiger partial charge in [-0.2, -0.15) is 0 Å². The van der Waals surface area contributed by atoms with Gasteiger partial charge in [-0.05, 0) is 38.1 Å². The lowest BCUT2D eigenvalue weighted by Gasteiger charge is -2.08. The third kappa shape index (κ3) is 2.73. The van der Waals surface area contributed by atoms with Crippen molar-refractivity contribution in [2.75, 3.05) is 7.11 Å². The molecule has 2 heterocycles. The van der Waals surface area contributed by atoms with Crippen molar-refractivity contribution in [3.8, 4) is 17.0 Å². The minimum Gasteiger partial charge on any atom is -0.497 e. The summed E-state index contributed by atoms with van der Waals surface area (Å²) in [4.78, 5) is 11.3. The summed E-state index contributed by atoms with van der Waals surface area (Å²) in [5, 5.41) is 12.0. The van der Waals surface area contributed by atoms with E-state index in [4.69, 9.17) is 9.26 Å². The summed E-state index contributed by atoms with van der Waals surface area (Å²) in [5.74, 6) is 1.47. The molecule has 0 aliphatic carbocycles. The highest BCUT2D eigenvalue weighted by atomic mass is 16.5. The Hall–Kier alpha value is -2.96. The van der Waals surface area contributed by atoms with Crippen molar-refractivity contribution in [2.45, 2.75) is 20.4 Å². The largest absolute Gasteiger partial charge is 0.497 e. The van der Waals surface area contributed by atoms with E-state index >= 15 is 0 Å². The molecule has 0 fully saturated rings. The molecule has 0 amide bonds. The Morgan fingerprint density at radius 1 is 1.26 bits per heavy atom. The molecule has 0 radical (unpaired) electrons. The Morgan fingerprint density at radius 2 is 2.00 bits per heavy atom. The fourth-order valence-corrected chi connectivity index (χ4v) is 2.44. The molecule has 0 unspecified atom stereocenters. The molecule has 2 aromatic heterocycles. The molecule has 118 valence electrons. The van der Waals surface area contributed by atoms with E-state index in [-0.39, 0.29) is 0 Å². The highest BCUT2D eigenvalue weighted by molar-refractivity contribution is 5.83. The van der Waals surface area contributed by atoms with Gasteiger partial charge in [-0.15, -0.1) is 5.10 Å². The first-order chi connectivity index (χ1) is 11.1. The Labute approximate surface area is 132 Å². The summed E-state index contributed by atoms with van der Waals surface area (Å²) in [7, 11) is 1.61. The number of ether oxygens (including phenoxy) is 1. The number of carbonyl (C=O) groups is 1. The average Bonchev–Trinajstić information content (AvgIpc) is 3.13. The predicted octanol–water partition coefficient (Wildman–Crippen LogP) is 2.42. The number of nitrogens with zero attached hydrogens (tertiary/aromatic N) is 4. The van der Waals surface area contributed by atoms with Crippen LogP contribution in [0, 0.1) is 13.8 Å². The molecule has 1 aromatic carbocycles. The quantitative estimate of drug-likeness (QED) is 0.673. The molecule has 0 bridgehead atoms. The molecular weight excluding hydrogens is 296 g/mol. The third-order valence-corrected chi connectivity index (χ3v) is 3.73. The topological polar surface area (TPSA) is 83.0 Å². The van der Waals surface area contributed by atoms with Crippen LogP contribution in [0.5, 0.6) is 5.75 Å². The number of carbonyl (C=O) groups excluding carboxylic acids is 1. The molecule has 0 aliphatic rings. The SMILES string of the molecule is COc1ccc(-c2c(C=O)nnn2Cc2c(C)noc2C)cc1. The lowest BCUT2D eigenvalue weighted by atomic mass is 10.1. The number of aryl methyl sites for hydroxylation is 2. The zero-order chi connectivity index (χ0) is 16.4. The molecule has 23 heavy (non-hydrogen) atoms. The molecule has 7 heteroatoms. The highest BCUT2D eigenvalue weighted by Crippen LogP contribution is 2.25. The van der Waals surface area contributed by atoms with Gasteiger partial charge in [0.05, 0.1) is 25.0 Å². The van der Waals surface area contributed by atoms with Crippen molar-refractivity contribution < 1.29 is 14.1 Å². The lowest BCUT2D eigenvalue weighted by molar-refractivity contribution is 0.111. The van der Waals surface area contributed by atoms with Crippen LogP contribution < -0.4 is 4.74 Å². The first-order valence-electron chi connectivity index (χ1n) is 7.09. The molecule has 0 aliphatic heterocycles. The van der Waals surface area contributed by atoms with E-state index in [0.717, 1.165) is 28.3 Å². The van der Waals surface area contributed by atoms with E-state index in [0.29, 0.717) is 24.2 Å². The number of hydrogen-bond donors (Lipinski definition) is 0. The van der Waals surface area contributed by atoms with E-state index in [1.807, 2.05) is 38.1 Å². The maximum absolute atomic E-state index is 11.3. The van der Waals surface area contributed by atoms with Gasteiger partial charge < -0.3 is 9.26 Å². The lowest BCUT2D eigenvalue weighted by Crippen LogP contribution is -2.06. The molecular formula is C16H16N4O3. The van der Waals surface area contributed by atoms with Gasteiger partial charge >= 0.3 is 0 Å². The molecule has 0 N–H and O–H groups in total. The van der Waals surface area contributed by atoms with Crippen molar-refractivity contribution in [3.05, 3.63) is 47.0 Å². The van der Waals surface area contributed by atoms with Crippen LogP contribution in [0.15, 0.2) is 28.8 Å². The van der Waals surface area contributed by atoms with Gasteiger partial charge in [-0.3, -0.25) is 4.79 Å². The highest BCUT2D eigenvalue weighted by Gasteiger charge is 2.18. The van der Waals surface area contributed by atoms with Crippen LogP contribution in [0.2, 0.25) is 0 Å². The standard InChI is InChI=1S/C16H16N4O3/c1-10-14(11(2)23-18-10)8-20-16(15(9-21)17-19-20)12-4-6-13(22-3)7-5-12/h4-7,9H,8H2,1-3H3. The Morgan fingerprint density at radius 3 is 2.57 bits per heavy atom. The second kappa shape index (κ2) is 6.04. The van der Waals surface area contributed by atoms with Gasteiger partial charge in [-0.1, -0.05) is 10.4 Å². The predicted molar refractivity (Wildman–Crippen MR) is 82.5 cm³/mol. The van der Waals surface area contributed by atoms with Crippen molar-refractivity contribution >= 4 is 6.29 Å². The number of aromatic nitrogens is 4. The van der Waals surface area contributed by atoms with Crippen molar-refractivity contribution in [1.82, 2.24) is 20.2 Å². The smallest absolute Gasteiger partial charge is 0.172 e. The molecule has 0 saturated heterocycles. The summed E-state index contributed by atoms with van der Waals surface area (Å²) in [6.45, 7) is 4.15. The van der Waals surface area contributed by atoms with Crippen LogP contribution in [-0.4, -0.2) is 33.5 Å². The van der Waals surface area contributed by atoms with E-state index in [1.165, 1.54) is 0 Å². The van der Waals surface area contributed by atoms with Crippen molar-refractivity contribution in [2.24, 2.45) is 0 Å². The molecule has 0 atom stereocenters. The van der Waals surface area contributed by atoms with Crippen LogP contribution in [0.1, 0.15) is 27.5 Å². The number of benzene rings is 1. The summed E-state index contributed by atoms with van der Waals surface area (Å²) >= 11 is 0. The number of aldehydes is 1. The van der Waals surface area contributed by atoms with E-state index in [9.17, 15) is 4.79 Å². The fourth-order valence-electron chi connectivity index (χ4n) is 2.44. The number of hydrogen-bond acceptors (Lipinski definition) is 6. The number of rotatable bonds is 5. The van der Waals surface area contributed by atoms with Crippen LogP contribution >= 0.6 is 0 Å². The van der Waals surface area contributed by atoms with Crippen LogP contribution in [0.3, 0.4) is 0 Å². The molecule has 0 spiro atoms. The van der Waals surface area contributed by atoms with Crippen LogP contribution in [-0.2, 0) is 6.54 Å². The average molecular weight is 312 g/mol. The summed E-state index contributed by atoms with van der Waals surface area (Å²) in [6.07, 6.45) is 0.705. The second-order valence-corrected chi connectivity index (χ2v) is 5.13. The number of methoxy groups -OCH3 is 1. The fraction of sp³-hybridized carbons (Fsp3) is 0.250. The maximum atomic E-state index is 11.3. The van der Waals surface area contributed by atoms with Crippen molar-refractivity contribution in [3.63, 3.8) is 0 Å². The minimum absolute atomic E-state index is 0.293. The van der Waals surface area contributed by atoms with Gasteiger partial charge in [0.25, 0.3) is 0 Å². The Bertz CT molecular complexity index is 814. The first kappa shape index (κ1) is 15.0. The van der Waals surface area contributed by atoms with Gasteiger partial charge in [0.1, 0.15) is 11.5 Å². The summed E-state index contributed by atoms with van der Waals surface area (Å²) in [6, 6.07) is 7.40. The normalized spacial score (nSPS) is 10.7. The van der Waals surface area contributed by atoms with E-state index < -0.39 is 0 Å². The molecule has 3 rings (SSSR count). The Balaban J connectivity index is 2.05. The van der Waals surface area contributed by atoms with Gasteiger partial charge in [0.15, 0.2) is 12.0 Å². The third-order valence-electron chi connectivity index (χ3n) is 3.73. The second-order valence-electron chi connectivity index (χ2n) is 5.13. The van der Waals surface area contributed by atoms with E-state index in [2.05, 4.69) is 15.5 Å². The van der Waals surface area contributed by atoms with Crippen LogP contribution in [0.25, 0.3) is 11.3 Å². The summed E-state index contributed by atoms with van der Waals surface area (Å²) < 4.78 is 12.0.